The van der Waals surface area contributed by atoms with Gasteiger partial charge in [0.05, 0.1) is 44.5 Å². The predicted molar refractivity (Wildman–Crippen MR) is 139 cm³/mol. The van der Waals surface area contributed by atoms with Crippen LogP contribution in [0.2, 0.25) is 5.02 Å². The highest BCUT2D eigenvalue weighted by molar-refractivity contribution is 7.92. The minimum atomic E-state index is -4.06. The first-order valence-corrected chi connectivity index (χ1v) is 13.1. The van der Waals surface area contributed by atoms with Crippen molar-refractivity contribution in [3.05, 3.63) is 71.2 Å². The molecule has 1 N–H and O–H groups in total. The average Bonchev–Trinajstić information content (AvgIpc) is 2.91. The smallest absolute Gasteiger partial charge is 0.264 e. The molecule has 0 fully saturated rings. The van der Waals surface area contributed by atoms with Crippen LogP contribution in [0.3, 0.4) is 0 Å². The molecule has 1 heterocycles. The highest BCUT2D eigenvalue weighted by Gasteiger charge is 2.38. The molecule has 0 radical (unpaired) electrons. The van der Waals surface area contributed by atoms with Gasteiger partial charge in [0.2, 0.25) is 0 Å². The van der Waals surface area contributed by atoms with Gasteiger partial charge in [0.1, 0.15) is 23.0 Å². The number of benzene rings is 3. The Bertz CT molecular complexity index is 1400. The van der Waals surface area contributed by atoms with Gasteiger partial charge in [-0.1, -0.05) is 11.6 Å². The predicted octanol–water partition coefficient (Wildman–Crippen LogP) is 4.20. The van der Waals surface area contributed by atoms with Crippen LogP contribution < -0.4 is 28.6 Å². The maximum absolute atomic E-state index is 13.7. The molecule has 0 unspecified atom stereocenters. The number of hydrogen-bond donors (Lipinski definition) is 1. The molecule has 1 aliphatic heterocycles. The number of rotatable bonds is 8. The third kappa shape index (κ3) is 5.40. The monoisotopic (exact) mass is 546 g/mol. The molecule has 2 atom stereocenters. The van der Waals surface area contributed by atoms with Crippen molar-refractivity contribution < 1.29 is 32.2 Å². The zero-order chi connectivity index (χ0) is 26.7. The molecule has 0 saturated carbocycles. The maximum Gasteiger partial charge on any atom is 0.264 e. The second-order valence-electron chi connectivity index (χ2n) is 8.27. The Morgan fingerprint density at radius 3 is 2.32 bits per heavy atom. The number of nitrogens with one attached hydrogen (secondary N) is 1. The molecule has 0 spiro atoms. The molecule has 11 heteroatoms. The minimum absolute atomic E-state index is 0.0368. The van der Waals surface area contributed by atoms with Crippen molar-refractivity contribution in [1.29, 1.82) is 0 Å². The Labute approximate surface area is 220 Å². The van der Waals surface area contributed by atoms with Gasteiger partial charge in [0.15, 0.2) is 6.10 Å². The van der Waals surface area contributed by atoms with E-state index in [1.54, 1.807) is 56.5 Å². The highest BCUT2D eigenvalue weighted by atomic mass is 35.5. The summed E-state index contributed by atoms with van der Waals surface area (Å²) in [6.45, 7) is 1.53. The number of hydrogen-bond acceptors (Lipinski definition) is 7. The van der Waals surface area contributed by atoms with Crippen molar-refractivity contribution in [2.75, 3.05) is 32.2 Å². The van der Waals surface area contributed by atoms with Gasteiger partial charge in [-0.05, 0) is 67.6 Å². The summed E-state index contributed by atoms with van der Waals surface area (Å²) >= 11 is 6.17. The fourth-order valence-electron chi connectivity index (χ4n) is 4.03. The van der Waals surface area contributed by atoms with E-state index in [0.717, 1.165) is 4.31 Å². The van der Waals surface area contributed by atoms with E-state index in [4.69, 9.17) is 30.5 Å². The minimum Gasteiger partial charge on any atom is -0.497 e. The average molecular weight is 547 g/mol. The summed E-state index contributed by atoms with van der Waals surface area (Å²) in [5.41, 5.74) is 0.941. The Balaban J connectivity index is 1.64. The van der Waals surface area contributed by atoms with Crippen LogP contribution in [0, 0.1) is 0 Å². The Kier molecular flexibility index (Phi) is 7.70. The van der Waals surface area contributed by atoms with Crippen LogP contribution in [0.1, 0.15) is 18.5 Å². The van der Waals surface area contributed by atoms with Crippen LogP contribution in [-0.4, -0.2) is 48.3 Å². The molecule has 0 aromatic heterocycles. The first kappa shape index (κ1) is 26.4. The van der Waals surface area contributed by atoms with Gasteiger partial charge >= 0.3 is 0 Å². The first-order valence-electron chi connectivity index (χ1n) is 11.3. The lowest BCUT2D eigenvalue weighted by Crippen LogP contribution is -2.51. The topological polar surface area (TPSA) is 103 Å². The molecule has 37 heavy (non-hydrogen) atoms. The lowest BCUT2D eigenvalue weighted by molar-refractivity contribution is -0.128. The zero-order valence-electron chi connectivity index (χ0n) is 20.7. The van der Waals surface area contributed by atoms with Crippen molar-refractivity contribution in [2.24, 2.45) is 0 Å². The Morgan fingerprint density at radius 2 is 1.68 bits per heavy atom. The van der Waals surface area contributed by atoms with Crippen LogP contribution in [0.5, 0.6) is 23.0 Å². The van der Waals surface area contributed by atoms with Crippen molar-refractivity contribution in [2.45, 2.75) is 24.0 Å². The molecule has 0 aliphatic carbocycles. The van der Waals surface area contributed by atoms with Crippen molar-refractivity contribution >= 4 is 33.2 Å². The second kappa shape index (κ2) is 10.8. The van der Waals surface area contributed by atoms with Gasteiger partial charge in [0.25, 0.3) is 15.9 Å². The largest absolute Gasteiger partial charge is 0.497 e. The van der Waals surface area contributed by atoms with Crippen LogP contribution >= 0.6 is 11.6 Å². The van der Waals surface area contributed by atoms with Gasteiger partial charge < -0.3 is 24.3 Å². The fraction of sp³-hybridized carbons (Fsp3) is 0.269. The molecule has 3 aromatic carbocycles. The number of carbonyl (C=O) groups is 1. The lowest BCUT2D eigenvalue weighted by Gasteiger charge is -2.35. The molecule has 1 amide bonds. The van der Waals surface area contributed by atoms with Crippen molar-refractivity contribution in [3.8, 4) is 23.0 Å². The molecule has 9 nitrogen and oxygen atoms in total. The number of methoxy groups -OCH3 is 3. The van der Waals surface area contributed by atoms with E-state index in [9.17, 15) is 13.2 Å². The Hall–Kier alpha value is -3.63. The van der Waals surface area contributed by atoms with Crippen LogP contribution in [0.15, 0.2) is 65.6 Å². The summed E-state index contributed by atoms with van der Waals surface area (Å²) in [6.07, 6.45) is -1.12. The SMILES string of the molecule is COc1ccc(S(=O)(=O)N2C[C@H](C(=O)N[C@H](C)c3cc(OC)ccc3OC)Oc3ccc(Cl)cc32)cc1. The molecule has 0 bridgehead atoms. The maximum atomic E-state index is 13.7. The molecule has 3 aromatic rings. The second-order valence-corrected chi connectivity index (χ2v) is 10.6. The van der Waals surface area contributed by atoms with Gasteiger partial charge in [-0.2, -0.15) is 0 Å². The van der Waals surface area contributed by atoms with Gasteiger partial charge in [0, 0.05) is 10.6 Å². The van der Waals surface area contributed by atoms with Gasteiger partial charge in [-0.15, -0.1) is 0 Å². The summed E-state index contributed by atoms with van der Waals surface area (Å²) in [5.74, 6) is 1.42. The molecule has 1 aliphatic rings. The number of carbonyl (C=O) groups excluding carboxylic acids is 1. The summed E-state index contributed by atoms with van der Waals surface area (Å²) < 4.78 is 50.2. The van der Waals surface area contributed by atoms with Crippen molar-refractivity contribution in [1.82, 2.24) is 5.32 Å². The first-order chi connectivity index (χ1) is 17.7. The molecule has 4 rings (SSSR count). The number of sulfonamides is 1. The third-order valence-electron chi connectivity index (χ3n) is 5.99. The fourth-order valence-corrected chi connectivity index (χ4v) is 5.66. The number of ether oxygens (including phenoxy) is 4. The zero-order valence-corrected chi connectivity index (χ0v) is 22.3. The number of fused-ring (bicyclic) bond motifs is 1. The van der Waals surface area contributed by atoms with Crippen LogP contribution in [-0.2, 0) is 14.8 Å². The molecule has 196 valence electrons. The van der Waals surface area contributed by atoms with Crippen molar-refractivity contribution in [3.63, 3.8) is 0 Å². The summed E-state index contributed by atoms with van der Waals surface area (Å²) in [7, 11) is 0.517. The third-order valence-corrected chi connectivity index (χ3v) is 8.02. The number of amides is 1. The van der Waals surface area contributed by atoms with E-state index >= 15 is 0 Å². The number of anilines is 1. The van der Waals surface area contributed by atoms with Gasteiger partial charge in [-0.25, -0.2) is 8.42 Å². The van der Waals surface area contributed by atoms with E-state index in [0.29, 0.717) is 27.8 Å². The Morgan fingerprint density at radius 1 is 1.00 bits per heavy atom. The van der Waals surface area contributed by atoms with E-state index < -0.39 is 28.1 Å². The van der Waals surface area contributed by atoms with E-state index in [1.165, 1.54) is 32.4 Å². The van der Waals surface area contributed by atoms with E-state index in [2.05, 4.69) is 5.32 Å². The molecular weight excluding hydrogens is 520 g/mol. The molecule has 0 saturated heterocycles. The summed E-state index contributed by atoms with van der Waals surface area (Å²) in [5, 5.41) is 3.23. The lowest BCUT2D eigenvalue weighted by atomic mass is 10.1. The standard InChI is InChI=1S/C26H27ClN2O7S/c1-16(21-14-19(34-3)8-12-23(21)35-4)28-26(30)25-15-29(22-13-17(27)5-11-24(22)36-25)37(31,32)20-9-6-18(33-2)7-10-20/h5-14,16,25H,15H2,1-4H3,(H,28,30)/t16-,25-/m1/s1. The van der Waals surface area contributed by atoms with Gasteiger partial charge in [-0.3, -0.25) is 9.10 Å². The summed E-state index contributed by atoms with van der Waals surface area (Å²) in [6, 6.07) is 15.4. The van der Waals surface area contributed by atoms with Crippen LogP contribution in [0.25, 0.3) is 0 Å². The molecular formula is C26H27ClN2O7S. The highest BCUT2D eigenvalue weighted by Crippen LogP contribution is 2.39. The van der Waals surface area contributed by atoms with E-state index in [-0.39, 0.29) is 22.9 Å². The summed E-state index contributed by atoms with van der Waals surface area (Å²) in [4.78, 5) is 13.4. The number of halogens is 1. The normalized spacial score (nSPS) is 15.7. The quantitative estimate of drug-likeness (QED) is 0.451. The number of nitrogens with zero attached hydrogens (tertiary/aromatic N) is 1. The van der Waals surface area contributed by atoms with E-state index in [1.807, 2.05) is 0 Å². The van der Waals surface area contributed by atoms with Crippen LogP contribution in [0.4, 0.5) is 5.69 Å².